The summed E-state index contributed by atoms with van der Waals surface area (Å²) in [6.45, 7) is 3.40. The van der Waals surface area contributed by atoms with E-state index in [0.29, 0.717) is 22.4 Å². The molecule has 0 fully saturated rings. The van der Waals surface area contributed by atoms with Crippen molar-refractivity contribution < 1.29 is 16.8 Å². The Morgan fingerprint density at radius 1 is 0.781 bits per heavy atom. The summed E-state index contributed by atoms with van der Waals surface area (Å²) in [4.78, 5) is 12.3. The van der Waals surface area contributed by atoms with Crippen molar-refractivity contribution in [2.24, 2.45) is 0 Å². The maximum Gasteiger partial charge on any atom is 0.264 e. The second-order valence-corrected chi connectivity index (χ2v) is 10.3. The average molecular weight is 470 g/mol. The molecule has 0 amide bonds. The van der Waals surface area contributed by atoms with Gasteiger partial charge in [-0.3, -0.25) is 14.4 Å². The van der Waals surface area contributed by atoms with Crippen LogP contribution in [0.25, 0.3) is 10.9 Å². The molecule has 0 aliphatic rings. The fourth-order valence-electron chi connectivity index (χ4n) is 3.17. The zero-order valence-electron chi connectivity index (χ0n) is 17.1. The van der Waals surface area contributed by atoms with Gasteiger partial charge in [0.2, 0.25) is 0 Å². The topological polar surface area (TPSA) is 131 Å². The third-order valence-electron chi connectivity index (χ3n) is 4.51. The van der Waals surface area contributed by atoms with Gasteiger partial charge in [-0.05, 0) is 50.2 Å². The molecule has 0 unspecified atom stereocenters. The van der Waals surface area contributed by atoms with Crippen LogP contribution in [-0.4, -0.2) is 31.8 Å². The molecule has 0 saturated heterocycles. The minimum absolute atomic E-state index is 0.0310. The minimum atomic E-state index is -3.94. The van der Waals surface area contributed by atoms with Crippen LogP contribution in [0.1, 0.15) is 11.5 Å². The van der Waals surface area contributed by atoms with Gasteiger partial charge in [-0.1, -0.05) is 18.2 Å². The first-order valence-corrected chi connectivity index (χ1v) is 12.4. The van der Waals surface area contributed by atoms with E-state index >= 15 is 0 Å². The monoisotopic (exact) mass is 469 g/mol. The molecule has 2 aromatic heterocycles. The molecular weight excluding hydrogens is 450 g/mol. The van der Waals surface area contributed by atoms with Crippen LogP contribution in [0.2, 0.25) is 0 Å². The van der Waals surface area contributed by atoms with Crippen LogP contribution in [0.3, 0.4) is 0 Å². The number of hydrogen-bond acceptors (Lipinski definition) is 7. The smallest absolute Gasteiger partial charge is 0.264 e. The number of anilines is 2. The van der Waals surface area contributed by atoms with Gasteiger partial charge in [0.25, 0.3) is 20.0 Å². The predicted octanol–water partition coefficient (Wildman–Crippen LogP) is 3.24. The Kier molecular flexibility index (Phi) is 5.53. The van der Waals surface area contributed by atoms with Gasteiger partial charge in [0.05, 0.1) is 10.4 Å². The van der Waals surface area contributed by atoms with Crippen molar-refractivity contribution in [1.82, 2.24) is 15.0 Å². The van der Waals surface area contributed by atoms with Crippen molar-refractivity contribution in [3.05, 3.63) is 78.4 Å². The molecule has 0 spiro atoms. The van der Waals surface area contributed by atoms with Gasteiger partial charge in [-0.25, -0.2) is 26.8 Å². The van der Waals surface area contributed by atoms with Crippen LogP contribution in [0.15, 0.2) is 76.7 Å². The van der Waals surface area contributed by atoms with Gasteiger partial charge in [-0.15, -0.1) is 0 Å². The molecular formula is C21H19N5O4S2. The first-order chi connectivity index (χ1) is 15.1. The van der Waals surface area contributed by atoms with Gasteiger partial charge in [0, 0.05) is 29.0 Å². The predicted molar refractivity (Wildman–Crippen MR) is 121 cm³/mol. The Hall–Kier alpha value is -3.57. The highest BCUT2D eigenvalue weighted by atomic mass is 32.2. The summed E-state index contributed by atoms with van der Waals surface area (Å²) >= 11 is 0. The normalized spacial score (nSPS) is 11.9. The van der Waals surface area contributed by atoms with E-state index in [2.05, 4.69) is 24.4 Å². The summed E-state index contributed by atoms with van der Waals surface area (Å²) in [7, 11) is -7.86. The van der Waals surface area contributed by atoms with Gasteiger partial charge in [0.1, 0.15) is 16.5 Å². The third-order valence-corrected chi connectivity index (χ3v) is 7.29. The summed E-state index contributed by atoms with van der Waals surface area (Å²) < 4.78 is 56.0. The quantitative estimate of drug-likeness (QED) is 0.443. The Balaban J connectivity index is 1.58. The van der Waals surface area contributed by atoms with Crippen molar-refractivity contribution in [3.63, 3.8) is 0 Å². The summed E-state index contributed by atoms with van der Waals surface area (Å²) in [5.41, 5.74) is 1.19. The molecule has 9 nitrogen and oxygen atoms in total. The molecule has 32 heavy (non-hydrogen) atoms. The standard InChI is InChI=1S/C21H19N5O4S2/c1-14-13-20(24-15(2)23-14)26-31(27,28)18-10-8-17(9-11-18)25-32(29,30)19-7-3-5-16-6-4-12-22-21(16)19/h3-13,25H,1-2H3,(H,23,24,26). The Morgan fingerprint density at radius 2 is 1.50 bits per heavy atom. The van der Waals surface area contributed by atoms with Crippen molar-refractivity contribution in [1.29, 1.82) is 0 Å². The summed E-state index contributed by atoms with van der Waals surface area (Å²) in [5, 5.41) is 0.693. The minimum Gasteiger partial charge on any atom is -0.280 e. The summed E-state index contributed by atoms with van der Waals surface area (Å²) in [6.07, 6.45) is 1.52. The zero-order chi connectivity index (χ0) is 22.9. The van der Waals surface area contributed by atoms with E-state index in [-0.39, 0.29) is 21.3 Å². The van der Waals surface area contributed by atoms with E-state index < -0.39 is 20.0 Å². The molecule has 0 aliphatic carbocycles. The zero-order valence-corrected chi connectivity index (χ0v) is 18.8. The van der Waals surface area contributed by atoms with Crippen LogP contribution in [-0.2, 0) is 20.0 Å². The van der Waals surface area contributed by atoms with Crippen LogP contribution in [0.5, 0.6) is 0 Å². The van der Waals surface area contributed by atoms with E-state index in [1.165, 1.54) is 42.6 Å². The summed E-state index contributed by atoms with van der Waals surface area (Å²) in [6, 6.07) is 15.3. The first-order valence-electron chi connectivity index (χ1n) is 9.46. The highest BCUT2D eigenvalue weighted by Gasteiger charge is 2.20. The number of nitrogens with zero attached hydrogens (tertiary/aromatic N) is 3. The number of rotatable bonds is 6. The number of aromatic nitrogens is 3. The van der Waals surface area contributed by atoms with Crippen molar-refractivity contribution in [2.45, 2.75) is 23.6 Å². The molecule has 2 heterocycles. The molecule has 2 N–H and O–H groups in total. The van der Waals surface area contributed by atoms with Gasteiger partial charge >= 0.3 is 0 Å². The van der Waals surface area contributed by atoms with Crippen LogP contribution >= 0.6 is 0 Å². The highest BCUT2D eigenvalue weighted by molar-refractivity contribution is 7.93. The average Bonchev–Trinajstić information content (AvgIpc) is 2.72. The lowest BCUT2D eigenvalue weighted by Gasteiger charge is -2.11. The summed E-state index contributed by atoms with van der Waals surface area (Å²) in [5.74, 6) is 0.596. The number of sulfonamides is 2. The van der Waals surface area contributed by atoms with Gasteiger partial charge < -0.3 is 0 Å². The van der Waals surface area contributed by atoms with Crippen molar-refractivity contribution in [3.8, 4) is 0 Å². The van der Waals surface area contributed by atoms with E-state index in [9.17, 15) is 16.8 Å². The molecule has 0 saturated carbocycles. The Morgan fingerprint density at radius 3 is 2.22 bits per heavy atom. The first kappa shape index (κ1) is 21.7. The molecule has 0 atom stereocenters. The number of para-hydroxylation sites is 1. The van der Waals surface area contributed by atoms with Crippen LogP contribution < -0.4 is 9.44 Å². The molecule has 0 aliphatic heterocycles. The SMILES string of the molecule is Cc1cc(NS(=O)(=O)c2ccc(NS(=O)(=O)c3cccc4cccnc34)cc2)nc(C)n1. The fraction of sp³-hybridized carbons (Fsp3) is 0.0952. The lowest BCUT2D eigenvalue weighted by Crippen LogP contribution is -2.16. The molecule has 11 heteroatoms. The molecule has 4 aromatic rings. The second kappa shape index (κ2) is 8.17. The highest BCUT2D eigenvalue weighted by Crippen LogP contribution is 2.24. The second-order valence-electron chi connectivity index (χ2n) is 7.01. The van der Waals surface area contributed by atoms with Crippen LogP contribution in [0, 0.1) is 13.8 Å². The number of nitrogens with one attached hydrogen (secondary N) is 2. The Labute approximate surface area is 185 Å². The number of pyridine rings is 1. The van der Waals surface area contributed by atoms with E-state index in [4.69, 9.17) is 0 Å². The maximum atomic E-state index is 12.9. The lowest BCUT2D eigenvalue weighted by atomic mass is 10.2. The molecule has 4 rings (SSSR count). The molecule has 0 radical (unpaired) electrons. The van der Waals surface area contributed by atoms with Crippen molar-refractivity contribution >= 4 is 42.5 Å². The maximum absolute atomic E-state index is 12.9. The largest absolute Gasteiger partial charge is 0.280 e. The molecule has 164 valence electrons. The molecule has 0 bridgehead atoms. The van der Waals surface area contributed by atoms with Crippen LogP contribution in [0.4, 0.5) is 11.5 Å². The number of fused-ring (bicyclic) bond motifs is 1. The number of benzene rings is 2. The lowest BCUT2D eigenvalue weighted by molar-refractivity contribution is 0.600. The third kappa shape index (κ3) is 4.53. The fourth-order valence-corrected chi connectivity index (χ4v) is 5.40. The molecule has 2 aromatic carbocycles. The van der Waals surface area contributed by atoms with E-state index in [1.54, 1.807) is 38.1 Å². The van der Waals surface area contributed by atoms with Gasteiger partial charge in [0.15, 0.2) is 0 Å². The number of aryl methyl sites for hydroxylation is 2. The van der Waals surface area contributed by atoms with E-state index in [0.717, 1.165) is 0 Å². The van der Waals surface area contributed by atoms with E-state index in [1.807, 2.05) is 0 Å². The number of hydrogen-bond donors (Lipinski definition) is 2. The van der Waals surface area contributed by atoms with Gasteiger partial charge in [-0.2, -0.15) is 0 Å². The van der Waals surface area contributed by atoms with Crippen molar-refractivity contribution in [2.75, 3.05) is 9.44 Å². The Bertz CT molecular complexity index is 1490.